The molecule has 0 aliphatic carbocycles. The molecule has 1 amide bonds. The average Bonchev–Trinajstić information content (AvgIpc) is 2.73. The van der Waals surface area contributed by atoms with Crippen molar-refractivity contribution in [2.75, 3.05) is 19.5 Å². The molecule has 2 aromatic carbocycles. The summed E-state index contributed by atoms with van der Waals surface area (Å²) in [5.74, 6) is -2.48. The van der Waals surface area contributed by atoms with Crippen molar-refractivity contribution in [3.63, 3.8) is 0 Å². The van der Waals surface area contributed by atoms with E-state index in [2.05, 4.69) is 5.32 Å². The van der Waals surface area contributed by atoms with Gasteiger partial charge >= 0.3 is 11.9 Å². The fraction of sp³-hybridized carbons (Fsp3) is 0.250. The van der Waals surface area contributed by atoms with Gasteiger partial charge in [-0.3, -0.25) is 9.59 Å². The molecule has 2 atom stereocenters. The summed E-state index contributed by atoms with van der Waals surface area (Å²) < 4.78 is 15.5. The van der Waals surface area contributed by atoms with E-state index in [9.17, 15) is 14.4 Å². The van der Waals surface area contributed by atoms with E-state index in [1.54, 1.807) is 36.4 Å². The number of ether oxygens (including phenoxy) is 3. The highest BCUT2D eigenvalue weighted by molar-refractivity contribution is 6.04. The van der Waals surface area contributed by atoms with Crippen LogP contribution < -0.4 is 20.5 Å². The van der Waals surface area contributed by atoms with Crippen LogP contribution in [0.25, 0.3) is 0 Å². The summed E-state index contributed by atoms with van der Waals surface area (Å²) in [6.45, 7) is -0.210. The molecule has 0 saturated carbocycles. The normalized spacial score (nSPS) is 12.5. The summed E-state index contributed by atoms with van der Waals surface area (Å²) in [6.07, 6.45) is -1.72. The van der Waals surface area contributed by atoms with E-state index in [1.807, 2.05) is 0 Å². The van der Waals surface area contributed by atoms with Gasteiger partial charge < -0.3 is 35.5 Å². The molecule has 2 aromatic rings. The van der Waals surface area contributed by atoms with Crippen LogP contribution >= 0.6 is 0 Å². The molecule has 0 unspecified atom stereocenters. The number of nitrogens with two attached hydrogens (primary N) is 1. The Balaban J connectivity index is 2.09. The van der Waals surface area contributed by atoms with Crippen molar-refractivity contribution in [3.8, 4) is 11.5 Å². The molecule has 5 N–H and O–H groups in total. The first-order valence-electron chi connectivity index (χ1n) is 8.72. The lowest BCUT2D eigenvalue weighted by Crippen LogP contribution is -2.47. The molecule has 0 aromatic heterocycles. The summed E-state index contributed by atoms with van der Waals surface area (Å²) in [6, 6.07) is 9.49. The molecular weight excluding hydrogens is 396 g/mol. The van der Waals surface area contributed by atoms with Crippen molar-refractivity contribution < 1.29 is 38.8 Å². The summed E-state index contributed by atoms with van der Waals surface area (Å²) in [5.41, 5.74) is 6.64. The molecule has 0 spiro atoms. The Hall–Kier alpha value is -3.63. The van der Waals surface area contributed by atoms with Crippen LogP contribution in [0.5, 0.6) is 11.5 Å². The quantitative estimate of drug-likeness (QED) is 0.447. The lowest BCUT2D eigenvalue weighted by molar-refractivity contribution is -0.159. The molecule has 0 bridgehead atoms. The number of rotatable bonds is 10. The van der Waals surface area contributed by atoms with Crippen molar-refractivity contribution in [1.82, 2.24) is 0 Å². The van der Waals surface area contributed by atoms with Gasteiger partial charge in [0.15, 0.2) is 17.6 Å². The van der Waals surface area contributed by atoms with Crippen LogP contribution in [0.3, 0.4) is 0 Å². The third kappa shape index (κ3) is 5.69. The number of hydrogen-bond donors (Lipinski definition) is 4. The summed E-state index contributed by atoms with van der Waals surface area (Å²) in [4.78, 5) is 34.6. The Kier molecular flexibility index (Phi) is 7.73. The van der Waals surface area contributed by atoms with E-state index in [1.165, 1.54) is 20.3 Å². The molecule has 0 saturated heterocycles. The molecular formula is C20H22N2O8. The van der Waals surface area contributed by atoms with E-state index in [0.29, 0.717) is 28.3 Å². The molecule has 2 rings (SSSR count). The van der Waals surface area contributed by atoms with Gasteiger partial charge in [-0.1, -0.05) is 12.1 Å². The topological polar surface area (TPSA) is 157 Å². The molecule has 0 aliphatic heterocycles. The largest absolute Gasteiger partial charge is 0.493 e. The molecule has 10 nitrogen and oxygen atoms in total. The molecule has 10 heteroatoms. The van der Waals surface area contributed by atoms with Crippen LogP contribution in [0.1, 0.15) is 15.9 Å². The highest BCUT2D eigenvalue weighted by atomic mass is 16.5. The Bertz CT molecular complexity index is 931. The number of carboxylic acids is 2. The highest BCUT2D eigenvalue weighted by Crippen LogP contribution is 2.28. The van der Waals surface area contributed by atoms with E-state index in [-0.39, 0.29) is 6.61 Å². The first kappa shape index (κ1) is 22.7. The van der Waals surface area contributed by atoms with Gasteiger partial charge in [-0.25, -0.2) is 4.79 Å². The van der Waals surface area contributed by atoms with Crippen molar-refractivity contribution >= 4 is 23.5 Å². The van der Waals surface area contributed by atoms with Gasteiger partial charge in [0.25, 0.3) is 5.91 Å². The number of carbonyl (C=O) groups is 3. The number of hydrogen-bond acceptors (Lipinski definition) is 7. The van der Waals surface area contributed by atoms with Crippen molar-refractivity contribution in [2.45, 2.75) is 18.8 Å². The van der Waals surface area contributed by atoms with Crippen LogP contribution in [0.2, 0.25) is 0 Å². The van der Waals surface area contributed by atoms with Gasteiger partial charge in [-0.05, 0) is 35.9 Å². The zero-order valence-corrected chi connectivity index (χ0v) is 16.3. The third-order valence-electron chi connectivity index (χ3n) is 4.11. The number of aliphatic carboxylic acids is 2. The number of amides is 1. The van der Waals surface area contributed by atoms with Gasteiger partial charge in [0, 0.05) is 11.3 Å². The molecule has 160 valence electrons. The molecule has 30 heavy (non-hydrogen) atoms. The first-order valence-corrected chi connectivity index (χ1v) is 8.72. The SMILES string of the molecule is COc1ccc(C(=O)Nc2cccc(CO[C@H](C(=O)O)[C@H](N)C(=O)O)c2)cc1OC. The lowest BCUT2D eigenvalue weighted by Gasteiger charge is -2.17. The van der Waals surface area contributed by atoms with Crippen LogP contribution in [0.4, 0.5) is 5.69 Å². The maximum atomic E-state index is 12.5. The van der Waals surface area contributed by atoms with E-state index in [0.717, 1.165) is 0 Å². The standard InChI is InChI=1S/C20H22N2O8/c1-28-14-7-6-12(9-15(14)29-2)18(23)22-13-5-3-4-11(8-13)10-30-17(20(26)27)16(21)19(24)25/h3-9,16-17H,10,21H2,1-2H3,(H,22,23)(H,24,25)(H,26,27)/t16-,17-/m0/s1. The second kappa shape index (κ2) is 10.2. The van der Waals surface area contributed by atoms with Crippen molar-refractivity contribution in [2.24, 2.45) is 5.73 Å². The van der Waals surface area contributed by atoms with Crippen molar-refractivity contribution in [3.05, 3.63) is 53.6 Å². The zero-order valence-electron chi connectivity index (χ0n) is 16.3. The minimum atomic E-state index is -1.72. The predicted molar refractivity (Wildman–Crippen MR) is 106 cm³/mol. The maximum absolute atomic E-state index is 12.5. The molecule has 0 fully saturated rings. The summed E-state index contributed by atoms with van der Waals surface area (Å²) in [5, 5.41) is 20.7. The second-order valence-electron chi connectivity index (χ2n) is 6.16. The number of benzene rings is 2. The molecule has 0 radical (unpaired) electrons. The van der Waals surface area contributed by atoms with E-state index < -0.39 is 30.0 Å². The first-order chi connectivity index (χ1) is 14.3. The zero-order chi connectivity index (χ0) is 22.3. The highest BCUT2D eigenvalue weighted by Gasteiger charge is 2.31. The number of methoxy groups -OCH3 is 2. The Labute approximate surface area is 172 Å². The summed E-state index contributed by atoms with van der Waals surface area (Å²) in [7, 11) is 2.95. The summed E-state index contributed by atoms with van der Waals surface area (Å²) >= 11 is 0. The van der Waals surface area contributed by atoms with E-state index >= 15 is 0 Å². The van der Waals surface area contributed by atoms with Crippen LogP contribution in [-0.2, 0) is 20.9 Å². The Morgan fingerprint density at radius 2 is 1.70 bits per heavy atom. The number of anilines is 1. The number of nitrogens with one attached hydrogen (secondary N) is 1. The molecule has 0 heterocycles. The van der Waals surface area contributed by atoms with Crippen LogP contribution in [0.15, 0.2) is 42.5 Å². The molecule has 0 aliphatic rings. The Morgan fingerprint density at radius 3 is 2.30 bits per heavy atom. The lowest BCUT2D eigenvalue weighted by atomic mass is 10.1. The maximum Gasteiger partial charge on any atom is 0.335 e. The minimum Gasteiger partial charge on any atom is -0.493 e. The van der Waals surface area contributed by atoms with Gasteiger partial charge in [0.2, 0.25) is 0 Å². The minimum absolute atomic E-state index is 0.210. The third-order valence-corrected chi connectivity index (χ3v) is 4.11. The second-order valence-corrected chi connectivity index (χ2v) is 6.16. The van der Waals surface area contributed by atoms with Crippen LogP contribution in [-0.4, -0.2) is 54.4 Å². The predicted octanol–water partition coefficient (Wildman–Crippen LogP) is 1.34. The van der Waals surface area contributed by atoms with Gasteiger partial charge in [-0.2, -0.15) is 0 Å². The van der Waals surface area contributed by atoms with Gasteiger partial charge in [-0.15, -0.1) is 0 Å². The van der Waals surface area contributed by atoms with Crippen LogP contribution in [0, 0.1) is 0 Å². The van der Waals surface area contributed by atoms with Gasteiger partial charge in [0.1, 0.15) is 6.04 Å². The number of carboxylic acid groups (broad SMARTS) is 2. The monoisotopic (exact) mass is 418 g/mol. The smallest absolute Gasteiger partial charge is 0.335 e. The average molecular weight is 418 g/mol. The van der Waals surface area contributed by atoms with E-state index in [4.69, 9.17) is 30.2 Å². The fourth-order valence-corrected chi connectivity index (χ4v) is 2.56. The Morgan fingerprint density at radius 1 is 1.00 bits per heavy atom. The van der Waals surface area contributed by atoms with Crippen molar-refractivity contribution in [1.29, 1.82) is 0 Å². The van der Waals surface area contributed by atoms with Gasteiger partial charge in [0.05, 0.1) is 20.8 Å². The fourth-order valence-electron chi connectivity index (χ4n) is 2.56. The number of carbonyl (C=O) groups excluding carboxylic acids is 1.